The molecule has 1 N–H and O–H groups in total. The molecule has 1 aromatic carbocycles. The van der Waals surface area contributed by atoms with E-state index < -0.39 is 0 Å². The highest BCUT2D eigenvalue weighted by atomic mass is 16.5. The largest absolute Gasteiger partial charge is 0.376 e. The van der Waals surface area contributed by atoms with Crippen molar-refractivity contribution in [2.24, 2.45) is 4.99 Å². The van der Waals surface area contributed by atoms with Gasteiger partial charge < -0.3 is 15.0 Å². The zero-order valence-electron chi connectivity index (χ0n) is 13.4. The average Bonchev–Trinajstić information content (AvgIpc) is 2.99. The van der Waals surface area contributed by atoms with Gasteiger partial charge in [0.15, 0.2) is 5.96 Å². The Morgan fingerprint density at radius 3 is 2.76 bits per heavy atom. The van der Waals surface area contributed by atoms with Crippen molar-refractivity contribution in [1.82, 2.24) is 10.2 Å². The zero-order chi connectivity index (χ0) is 15.1. The van der Waals surface area contributed by atoms with Gasteiger partial charge in [0.25, 0.3) is 0 Å². The van der Waals surface area contributed by atoms with Gasteiger partial charge in [-0.25, -0.2) is 0 Å². The van der Waals surface area contributed by atoms with Crippen molar-refractivity contribution in [3.8, 4) is 0 Å². The maximum absolute atomic E-state index is 5.64. The second-order valence-corrected chi connectivity index (χ2v) is 5.67. The van der Waals surface area contributed by atoms with E-state index in [0.29, 0.717) is 6.10 Å². The van der Waals surface area contributed by atoms with E-state index >= 15 is 0 Å². The van der Waals surface area contributed by atoms with Crippen LogP contribution in [-0.4, -0.2) is 43.7 Å². The van der Waals surface area contributed by atoms with Crippen LogP contribution in [0.3, 0.4) is 0 Å². The van der Waals surface area contributed by atoms with Crippen molar-refractivity contribution < 1.29 is 4.74 Å². The van der Waals surface area contributed by atoms with Crippen LogP contribution in [0.5, 0.6) is 0 Å². The van der Waals surface area contributed by atoms with Gasteiger partial charge in [0, 0.05) is 26.7 Å². The van der Waals surface area contributed by atoms with Crippen LogP contribution in [0.1, 0.15) is 30.9 Å². The van der Waals surface area contributed by atoms with E-state index in [-0.39, 0.29) is 0 Å². The molecule has 4 nitrogen and oxygen atoms in total. The monoisotopic (exact) mass is 289 g/mol. The van der Waals surface area contributed by atoms with Gasteiger partial charge in [-0.05, 0) is 32.3 Å². The molecule has 1 saturated heterocycles. The molecule has 0 aliphatic carbocycles. The first-order valence-electron chi connectivity index (χ1n) is 7.85. The smallest absolute Gasteiger partial charge is 0.194 e. The van der Waals surface area contributed by atoms with Crippen molar-refractivity contribution in [3.05, 3.63) is 35.4 Å². The Labute approximate surface area is 128 Å². The summed E-state index contributed by atoms with van der Waals surface area (Å²) in [7, 11) is 2.08. The molecule has 1 aliphatic heterocycles. The van der Waals surface area contributed by atoms with Crippen LogP contribution < -0.4 is 5.32 Å². The average molecular weight is 289 g/mol. The van der Waals surface area contributed by atoms with Gasteiger partial charge in [-0.15, -0.1) is 0 Å². The molecular weight excluding hydrogens is 262 g/mol. The Morgan fingerprint density at radius 2 is 2.14 bits per heavy atom. The van der Waals surface area contributed by atoms with Crippen LogP contribution in [0.25, 0.3) is 0 Å². The van der Waals surface area contributed by atoms with Crippen LogP contribution in [0.15, 0.2) is 29.3 Å². The number of benzene rings is 1. The highest BCUT2D eigenvalue weighted by molar-refractivity contribution is 5.79. The van der Waals surface area contributed by atoms with Crippen molar-refractivity contribution in [2.45, 2.75) is 39.3 Å². The van der Waals surface area contributed by atoms with Crippen molar-refractivity contribution in [2.75, 3.05) is 26.7 Å². The van der Waals surface area contributed by atoms with Gasteiger partial charge >= 0.3 is 0 Å². The standard InChI is InChI=1S/C17H27N3O/c1-4-18-17(19-12-16-6-5-11-21-16)20(3)13-15-9-7-14(2)8-10-15/h7-10,16H,4-6,11-13H2,1-3H3,(H,18,19). The topological polar surface area (TPSA) is 36.9 Å². The molecular formula is C17H27N3O. The second-order valence-electron chi connectivity index (χ2n) is 5.67. The molecule has 1 unspecified atom stereocenters. The third-order valence-corrected chi connectivity index (χ3v) is 3.71. The third-order valence-electron chi connectivity index (χ3n) is 3.71. The minimum atomic E-state index is 0.298. The lowest BCUT2D eigenvalue weighted by Crippen LogP contribution is -2.39. The summed E-state index contributed by atoms with van der Waals surface area (Å²) in [6.45, 7) is 7.58. The van der Waals surface area contributed by atoms with E-state index in [1.54, 1.807) is 0 Å². The lowest BCUT2D eigenvalue weighted by molar-refractivity contribution is 0.117. The highest BCUT2D eigenvalue weighted by Crippen LogP contribution is 2.12. The second kappa shape index (κ2) is 8.03. The van der Waals surface area contributed by atoms with Crippen LogP contribution in [0.2, 0.25) is 0 Å². The van der Waals surface area contributed by atoms with Gasteiger partial charge in [0.2, 0.25) is 0 Å². The van der Waals surface area contributed by atoms with E-state index in [2.05, 4.69) is 55.4 Å². The molecule has 0 radical (unpaired) electrons. The molecule has 1 aromatic rings. The number of guanidine groups is 1. The summed E-state index contributed by atoms with van der Waals surface area (Å²) in [5.74, 6) is 0.952. The SMILES string of the molecule is CCNC(=NCC1CCCO1)N(C)Cc1ccc(C)cc1. The maximum atomic E-state index is 5.64. The summed E-state index contributed by atoms with van der Waals surface area (Å²) >= 11 is 0. The molecule has 2 rings (SSSR count). The Kier molecular flexibility index (Phi) is 6.05. The Bertz CT molecular complexity index is 450. The lowest BCUT2D eigenvalue weighted by Gasteiger charge is -2.22. The fourth-order valence-electron chi connectivity index (χ4n) is 2.49. The molecule has 0 spiro atoms. The van der Waals surface area contributed by atoms with E-state index in [0.717, 1.165) is 45.0 Å². The van der Waals surface area contributed by atoms with Crippen molar-refractivity contribution in [1.29, 1.82) is 0 Å². The molecule has 1 aliphatic rings. The summed E-state index contributed by atoms with van der Waals surface area (Å²) in [4.78, 5) is 6.89. The summed E-state index contributed by atoms with van der Waals surface area (Å²) in [5.41, 5.74) is 2.59. The zero-order valence-corrected chi connectivity index (χ0v) is 13.4. The fraction of sp³-hybridized carbons (Fsp3) is 0.588. The van der Waals surface area contributed by atoms with Crippen molar-refractivity contribution >= 4 is 5.96 Å². The van der Waals surface area contributed by atoms with Gasteiger partial charge in [-0.2, -0.15) is 0 Å². The number of aliphatic imine (C=N–C) groups is 1. The number of aryl methyl sites for hydroxylation is 1. The Balaban J connectivity index is 1.95. The predicted molar refractivity (Wildman–Crippen MR) is 87.6 cm³/mol. The molecule has 21 heavy (non-hydrogen) atoms. The molecule has 1 atom stereocenters. The minimum absolute atomic E-state index is 0.298. The maximum Gasteiger partial charge on any atom is 0.194 e. The quantitative estimate of drug-likeness (QED) is 0.668. The number of ether oxygens (including phenoxy) is 1. The first-order chi connectivity index (χ1) is 10.2. The number of nitrogens with zero attached hydrogens (tertiary/aromatic N) is 2. The normalized spacial score (nSPS) is 18.8. The number of hydrogen-bond acceptors (Lipinski definition) is 2. The summed E-state index contributed by atoms with van der Waals surface area (Å²) in [6, 6.07) is 8.66. The van der Waals surface area contributed by atoms with E-state index in [9.17, 15) is 0 Å². The van der Waals surface area contributed by atoms with E-state index in [1.165, 1.54) is 11.1 Å². The summed E-state index contributed by atoms with van der Waals surface area (Å²) in [5, 5.41) is 3.36. The molecule has 116 valence electrons. The summed E-state index contributed by atoms with van der Waals surface area (Å²) < 4.78 is 5.64. The molecule has 0 amide bonds. The summed E-state index contributed by atoms with van der Waals surface area (Å²) in [6.07, 6.45) is 2.59. The Morgan fingerprint density at radius 1 is 1.38 bits per heavy atom. The molecule has 4 heteroatoms. The van der Waals surface area contributed by atoms with Crippen molar-refractivity contribution in [3.63, 3.8) is 0 Å². The van der Waals surface area contributed by atoms with Crippen LogP contribution >= 0.6 is 0 Å². The number of hydrogen-bond donors (Lipinski definition) is 1. The van der Waals surface area contributed by atoms with Crippen LogP contribution in [0.4, 0.5) is 0 Å². The number of rotatable bonds is 5. The first-order valence-corrected chi connectivity index (χ1v) is 7.85. The van der Waals surface area contributed by atoms with Gasteiger partial charge in [0.05, 0.1) is 12.6 Å². The van der Waals surface area contributed by atoms with Gasteiger partial charge in [0.1, 0.15) is 0 Å². The molecule has 1 fully saturated rings. The lowest BCUT2D eigenvalue weighted by atomic mass is 10.1. The van der Waals surface area contributed by atoms with Crippen LogP contribution in [0, 0.1) is 6.92 Å². The predicted octanol–water partition coefficient (Wildman–Crippen LogP) is 2.57. The molecule has 1 heterocycles. The highest BCUT2D eigenvalue weighted by Gasteiger charge is 2.15. The molecule has 0 saturated carbocycles. The first kappa shape index (κ1) is 15.8. The third kappa shape index (κ3) is 5.05. The fourth-order valence-corrected chi connectivity index (χ4v) is 2.49. The van der Waals surface area contributed by atoms with E-state index in [4.69, 9.17) is 9.73 Å². The molecule has 0 bridgehead atoms. The van der Waals surface area contributed by atoms with E-state index in [1.807, 2.05) is 0 Å². The van der Waals surface area contributed by atoms with Crippen LogP contribution in [-0.2, 0) is 11.3 Å². The molecule has 0 aromatic heterocycles. The Hall–Kier alpha value is -1.55. The van der Waals surface area contributed by atoms with Gasteiger partial charge in [-0.3, -0.25) is 4.99 Å². The van der Waals surface area contributed by atoms with Gasteiger partial charge in [-0.1, -0.05) is 29.8 Å². The minimum Gasteiger partial charge on any atom is -0.376 e. The number of nitrogens with one attached hydrogen (secondary N) is 1.